The molecule has 0 atom stereocenters. The lowest BCUT2D eigenvalue weighted by Crippen LogP contribution is -2.12. The smallest absolute Gasteiger partial charge is 0.257 e. The number of benzene rings is 3. The summed E-state index contributed by atoms with van der Waals surface area (Å²) in [5.41, 5.74) is 1.72. The lowest BCUT2D eigenvalue weighted by Gasteiger charge is -2.08. The monoisotopic (exact) mass is 364 g/mol. The summed E-state index contributed by atoms with van der Waals surface area (Å²) in [4.78, 5) is 16.9. The van der Waals surface area contributed by atoms with Gasteiger partial charge in [-0.15, -0.1) is 0 Å². The quantitative estimate of drug-likeness (QED) is 0.653. The fourth-order valence-corrected chi connectivity index (χ4v) is 2.46. The van der Waals surface area contributed by atoms with Crippen molar-refractivity contribution in [2.24, 2.45) is 4.99 Å². The summed E-state index contributed by atoms with van der Waals surface area (Å²) in [5.74, 6) is -0.446. The van der Waals surface area contributed by atoms with Crippen molar-refractivity contribution in [1.29, 1.82) is 0 Å². The predicted molar refractivity (Wildman–Crippen MR) is 103 cm³/mol. The van der Waals surface area contributed by atoms with Crippen molar-refractivity contribution in [3.8, 4) is 11.5 Å². The summed E-state index contributed by atoms with van der Waals surface area (Å²) in [7, 11) is 1.46. The number of phenols is 1. The van der Waals surface area contributed by atoms with Crippen LogP contribution in [-0.2, 0) is 0 Å². The Morgan fingerprint density at radius 3 is 2.56 bits per heavy atom. The van der Waals surface area contributed by atoms with E-state index >= 15 is 0 Å². The van der Waals surface area contributed by atoms with Crippen LogP contribution in [0.3, 0.4) is 0 Å². The molecule has 0 aromatic heterocycles. The van der Waals surface area contributed by atoms with Crippen molar-refractivity contribution in [1.82, 2.24) is 0 Å². The Morgan fingerprint density at radius 1 is 1.07 bits per heavy atom. The second-order valence-corrected chi connectivity index (χ2v) is 5.63. The fourth-order valence-electron chi connectivity index (χ4n) is 2.46. The molecule has 0 bridgehead atoms. The number of halogens is 1. The highest BCUT2D eigenvalue weighted by molar-refractivity contribution is 6.08. The van der Waals surface area contributed by atoms with Gasteiger partial charge in [0.1, 0.15) is 5.82 Å². The molecule has 0 heterocycles. The van der Waals surface area contributed by atoms with E-state index in [-0.39, 0.29) is 17.5 Å². The minimum Gasteiger partial charge on any atom is -0.504 e. The Hall–Kier alpha value is -3.67. The van der Waals surface area contributed by atoms with E-state index in [1.165, 1.54) is 37.6 Å². The molecule has 0 unspecified atom stereocenters. The number of carbonyl (C=O) groups is 1. The first-order chi connectivity index (χ1) is 13.1. The molecule has 3 aromatic carbocycles. The Morgan fingerprint density at radius 2 is 1.81 bits per heavy atom. The molecule has 0 radical (unpaired) electrons. The zero-order valence-corrected chi connectivity index (χ0v) is 14.5. The van der Waals surface area contributed by atoms with Crippen molar-refractivity contribution in [2.45, 2.75) is 0 Å². The molecule has 5 nitrogen and oxygen atoms in total. The van der Waals surface area contributed by atoms with Gasteiger partial charge in [0, 0.05) is 17.5 Å². The van der Waals surface area contributed by atoms with E-state index in [1.807, 2.05) is 0 Å². The molecule has 3 aromatic rings. The van der Waals surface area contributed by atoms with Crippen molar-refractivity contribution < 1.29 is 19.0 Å². The van der Waals surface area contributed by atoms with Gasteiger partial charge in [-0.25, -0.2) is 4.39 Å². The Labute approximate surface area is 155 Å². The number of hydrogen-bond acceptors (Lipinski definition) is 4. The molecule has 0 aliphatic carbocycles. The number of anilines is 1. The molecule has 27 heavy (non-hydrogen) atoms. The van der Waals surface area contributed by atoms with Gasteiger partial charge in [0.2, 0.25) is 0 Å². The molecular weight excluding hydrogens is 347 g/mol. The highest BCUT2D eigenvalue weighted by Gasteiger charge is 2.11. The van der Waals surface area contributed by atoms with Crippen LogP contribution in [0.1, 0.15) is 15.9 Å². The third-order valence-corrected chi connectivity index (χ3v) is 3.84. The number of ether oxygens (including phenoxy) is 1. The topological polar surface area (TPSA) is 70.9 Å². The number of carbonyl (C=O) groups excluding carboxylic acids is 1. The summed E-state index contributed by atoms with van der Waals surface area (Å²) in [6, 6.07) is 17.3. The van der Waals surface area contributed by atoms with Gasteiger partial charge in [-0.1, -0.05) is 18.2 Å². The average molecular weight is 364 g/mol. The zero-order valence-electron chi connectivity index (χ0n) is 14.5. The lowest BCUT2D eigenvalue weighted by atomic mass is 10.1. The average Bonchev–Trinajstić information content (AvgIpc) is 2.69. The molecular formula is C21H17FN2O3. The molecule has 0 fully saturated rings. The fraction of sp³-hybridized carbons (Fsp3) is 0.0476. The van der Waals surface area contributed by atoms with Gasteiger partial charge in [-0.05, 0) is 48.5 Å². The largest absolute Gasteiger partial charge is 0.504 e. The summed E-state index contributed by atoms with van der Waals surface area (Å²) >= 11 is 0. The first kappa shape index (κ1) is 18.1. The van der Waals surface area contributed by atoms with Gasteiger partial charge in [0.15, 0.2) is 11.5 Å². The van der Waals surface area contributed by atoms with Crippen LogP contribution in [0.5, 0.6) is 11.5 Å². The zero-order chi connectivity index (χ0) is 19.2. The Balaban J connectivity index is 1.85. The van der Waals surface area contributed by atoms with Crippen LogP contribution in [0, 0.1) is 5.82 Å². The maximum Gasteiger partial charge on any atom is 0.257 e. The van der Waals surface area contributed by atoms with Gasteiger partial charge < -0.3 is 15.2 Å². The molecule has 136 valence electrons. The molecule has 6 heteroatoms. The second-order valence-electron chi connectivity index (χ2n) is 5.63. The van der Waals surface area contributed by atoms with Crippen LogP contribution in [0.4, 0.5) is 15.8 Å². The van der Waals surface area contributed by atoms with E-state index in [0.29, 0.717) is 28.3 Å². The van der Waals surface area contributed by atoms with Gasteiger partial charge in [-0.2, -0.15) is 0 Å². The van der Waals surface area contributed by atoms with E-state index in [0.717, 1.165) is 0 Å². The SMILES string of the molecule is COc1cccc(C=Nc2ccccc2C(=O)Nc2ccc(F)cc2)c1O. The van der Waals surface area contributed by atoms with Crippen LogP contribution >= 0.6 is 0 Å². The Kier molecular flexibility index (Phi) is 5.47. The number of phenolic OH excluding ortho intramolecular Hbond substituents is 1. The van der Waals surface area contributed by atoms with Gasteiger partial charge in [0.05, 0.1) is 18.4 Å². The number of hydrogen-bond donors (Lipinski definition) is 2. The van der Waals surface area contributed by atoms with Crippen molar-refractivity contribution in [3.05, 3.63) is 83.7 Å². The van der Waals surface area contributed by atoms with E-state index in [9.17, 15) is 14.3 Å². The van der Waals surface area contributed by atoms with E-state index in [2.05, 4.69) is 10.3 Å². The predicted octanol–water partition coefficient (Wildman–Crippen LogP) is 4.54. The third kappa shape index (κ3) is 4.30. The highest BCUT2D eigenvalue weighted by Crippen LogP contribution is 2.29. The van der Waals surface area contributed by atoms with Gasteiger partial charge in [-0.3, -0.25) is 9.79 Å². The first-order valence-electron chi connectivity index (χ1n) is 8.14. The number of para-hydroxylation sites is 2. The van der Waals surface area contributed by atoms with Crippen LogP contribution < -0.4 is 10.1 Å². The number of nitrogens with one attached hydrogen (secondary N) is 1. The minimum absolute atomic E-state index is 0.0306. The number of methoxy groups -OCH3 is 1. The molecule has 0 aliphatic heterocycles. The molecule has 0 saturated carbocycles. The second kappa shape index (κ2) is 8.14. The maximum absolute atomic E-state index is 13.0. The van der Waals surface area contributed by atoms with Crippen molar-refractivity contribution >= 4 is 23.5 Å². The Bertz CT molecular complexity index is 985. The maximum atomic E-state index is 13.0. The summed E-state index contributed by atoms with van der Waals surface area (Å²) in [6.45, 7) is 0. The van der Waals surface area contributed by atoms with Crippen LogP contribution in [0.15, 0.2) is 71.7 Å². The first-order valence-corrected chi connectivity index (χ1v) is 8.14. The van der Waals surface area contributed by atoms with Crippen LogP contribution in [-0.4, -0.2) is 24.3 Å². The van der Waals surface area contributed by atoms with Crippen molar-refractivity contribution in [2.75, 3.05) is 12.4 Å². The standard InChI is InChI=1S/C21H17FN2O3/c1-27-19-8-4-5-14(20(19)25)13-23-18-7-3-2-6-17(18)21(26)24-16-11-9-15(22)10-12-16/h2-13,25H,1H3,(H,24,26). The summed E-state index contributed by atoms with van der Waals surface area (Å²) < 4.78 is 18.1. The summed E-state index contributed by atoms with van der Waals surface area (Å²) in [6.07, 6.45) is 1.46. The van der Waals surface area contributed by atoms with E-state index < -0.39 is 0 Å². The number of aliphatic imine (C=N–C) groups is 1. The van der Waals surface area contributed by atoms with Crippen LogP contribution in [0.2, 0.25) is 0 Å². The molecule has 1 amide bonds. The lowest BCUT2D eigenvalue weighted by molar-refractivity contribution is 0.102. The van der Waals surface area contributed by atoms with Gasteiger partial charge in [0.25, 0.3) is 5.91 Å². The molecule has 0 aliphatic rings. The third-order valence-electron chi connectivity index (χ3n) is 3.84. The highest BCUT2D eigenvalue weighted by atomic mass is 19.1. The molecule has 2 N–H and O–H groups in total. The van der Waals surface area contributed by atoms with E-state index in [4.69, 9.17) is 4.74 Å². The molecule has 3 rings (SSSR count). The van der Waals surface area contributed by atoms with Crippen LogP contribution in [0.25, 0.3) is 0 Å². The normalized spacial score (nSPS) is 10.7. The molecule has 0 spiro atoms. The minimum atomic E-state index is -0.379. The number of rotatable bonds is 5. The van der Waals surface area contributed by atoms with E-state index in [1.54, 1.807) is 42.5 Å². The summed E-state index contributed by atoms with van der Waals surface area (Å²) in [5, 5.41) is 12.8. The number of nitrogens with zero attached hydrogens (tertiary/aromatic N) is 1. The van der Waals surface area contributed by atoms with Gasteiger partial charge >= 0.3 is 0 Å². The number of aromatic hydroxyl groups is 1. The molecule has 0 saturated heterocycles. The number of amides is 1. The van der Waals surface area contributed by atoms with Crippen molar-refractivity contribution in [3.63, 3.8) is 0 Å².